The van der Waals surface area contributed by atoms with E-state index >= 15 is 0 Å². The first-order valence-corrected chi connectivity index (χ1v) is 5.43. The van der Waals surface area contributed by atoms with Crippen molar-refractivity contribution in [1.29, 1.82) is 0 Å². The minimum absolute atomic E-state index is 0.559. The van der Waals surface area contributed by atoms with E-state index in [1.165, 1.54) is 0 Å². The minimum atomic E-state index is 0.559. The van der Waals surface area contributed by atoms with Gasteiger partial charge in [-0.3, -0.25) is 4.90 Å². The van der Waals surface area contributed by atoms with Gasteiger partial charge in [0.2, 0.25) is 0 Å². The Morgan fingerprint density at radius 1 is 1.00 bits per heavy atom. The van der Waals surface area contributed by atoms with Crippen molar-refractivity contribution in [2.75, 3.05) is 53.9 Å². The Hall–Kier alpha value is -0.160. The third kappa shape index (κ3) is 7.26. The summed E-state index contributed by atoms with van der Waals surface area (Å²) in [5, 5.41) is 9.63. The second-order valence-electron chi connectivity index (χ2n) is 3.70. The summed E-state index contributed by atoms with van der Waals surface area (Å²) in [4.78, 5) is 2.47. The van der Waals surface area contributed by atoms with Gasteiger partial charge >= 0.3 is 0 Å². The summed E-state index contributed by atoms with van der Waals surface area (Å²) in [6.07, 6.45) is 0. The molecule has 3 N–H and O–H groups in total. The first kappa shape index (κ1) is 13.8. The Balaban J connectivity index is 3.71. The van der Waals surface area contributed by atoms with Gasteiger partial charge in [-0.2, -0.15) is 0 Å². The molecule has 0 amide bonds. The van der Waals surface area contributed by atoms with Crippen LogP contribution in [0.25, 0.3) is 0 Å². The van der Waals surface area contributed by atoms with Crippen LogP contribution < -0.4 is 16.0 Å². The number of hydrogen-bond acceptors (Lipinski definition) is 4. The maximum atomic E-state index is 3.27. The first-order valence-electron chi connectivity index (χ1n) is 5.43. The van der Waals surface area contributed by atoms with Crippen LogP contribution in [0.4, 0.5) is 0 Å². The quantitative estimate of drug-likeness (QED) is 0.464. The highest BCUT2D eigenvalue weighted by atomic mass is 15.2. The summed E-state index contributed by atoms with van der Waals surface area (Å²) in [7, 11) is 6.01. The van der Waals surface area contributed by atoms with Crippen LogP contribution in [0.3, 0.4) is 0 Å². The molecule has 0 saturated heterocycles. The minimum Gasteiger partial charge on any atom is -0.318 e. The lowest BCUT2D eigenvalue weighted by Crippen LogP contribution is -2.42. The Morgan fingerprint density at radius 3 is 1.86 bits per heavy atom. The van der Waals surface area contributed by atoms with Gasteiger partial charge in [-0.25, -0.2) is 0 Å². The molecule has 14 heavy (non-hydrogen) atoms. The zero-order chi connectivity index (χ0) is 10.8. The van der Waals surface area contributed by atoms with Crippen LogP contribution in [0.15, 0.2) is 0 Å². The predicted molar refractivity (Wildman–Crippen MR) is 62.8 cm³/mol. The molecule has 86 valence electrons. The maximum absolute atomic E-state index is 3.27. The molecule has 0 saturated carbocycles. The van der Waals surface area contributed by atoms with E-state index in [4.69, 9.17) is 0 Å². The van der Waals surface area contributed by atoms with Gasteiger partial charge in [0.05, 0.1) is 0 Å². The highest BCUT2D eigenvalue weighted by Crippen LogP contribution is 1.90. The van der Waals surface area contributed by atoms with Gasteiger partial charge in [-0.15, -0.1) is 0 Å². The Labute approximate surface area is 88.4 Å². The van der Waals surface area contributed by atoms with Gasteiger partial charge in [0.25, 0.3) is 0 Å². The molecule has 0 aliphatic heterocycles. The molecule has 0 heterocycles. The average Bonchev–Trinajstić information content (AvgIpc) is 2.21. The van der Waals surface area contributed by atoms with Crippen molar-refractivity contribution in [1.82, 2.24) is 20.9 Å². The Kier molecular flexibility index (Phi) is 9.29. The number of nitrogens with zero attached hydrogens (tertiary/aromatic N) is 1. The third-order valence-electron chi connectivity index (χ3n) is 2.38. The zero-order valence-electron chi connectivity index (χ0n) is 10.1. The van der Waals surface area contributed by atoms with E-state index < -0.39 is 0 Å². The SMILES string of the molecule is CNCCN(CCNC)CC(C)NC. The standard InChI is InChI=1S/C10H26N4/c1-10(13-4)9-14(7-5-11-2)8-6-12-3/h10-13H,5-9H2,1-4H3. The van der Waals surface area contributed by atoms with E-state index in [1.807, 2.05) is 21.1 Å². The summed E-state index contributed by atoms with van der Waals surface area (Å²) in [5.41, 5.74) is 0. The van der Waals surface area contributed by atoms with E-state index in [-0.39, 0.29) is 0 Å². The van der Waals surface area contributed by atoms with Gasteiger partial charge < -0.3 is 16.0 Å². The monoisotopic (exact) mass is 202 g/mol. The molecule has 0 spiro atoms. The molecule has 0 aromatic rings. The van der Waals surface area contributed by atoms with E-state index in [0.717, 1.165) is 32.7 Å². The Morgan fingerprint density at radius 2 is 1.50 bits per heavy atom. The highest BCUT2D eigenvalue weighted by Gasteiger charge is 2.07. The van der Waals surface area contributed by atoms with Crippen molar-refractivity contribution in [2.24, 2.45) is 0 Å². The van der Waals surface area contributed by atoms with Crippen LogP contribution in [-0.2, 0) is 0 Å². The van der Waals surface area contributed by atoms with Gasteiger partial charge in [0.15, 0.2) is 0 Å². The second-order valence-corrected chi connectivity index (χ2v) is 3.70. The van der Waals surface area contributed by atoms with Crippen LogP contribution in [-0.4, -0.2) is 64.8 Å². The number of hydrogen-bond donors (Lipinski definition) is 3. The summed E-state index contributed by atoms with van der Waals surface area (Å²) in [6, 6.07) is 0.559. The normalized spacial score (nSPS) is 13.5. The lowest BCUT2D eigenvalue weighted by Gasteiger charge is -2.25. The van der Waals surface area contributed by atoms with Crippen LogP contribution >= 0.6 is 0 Å². The predicted octanol–water partition coefficient (Wildman–Crippen LogP) is -0.665. The lowest BCUT2D eigenvalue weighted by molar-refractivity contribution is 0.254. The zero-order valence-corrected chi connectivity index (χ0v) is 10.1. The fourth-order valence-electron chi connectivity index (χ4n) is 1.31. The summed E-state index contributed by atoms with van der Waals surface area (Å²) in [5.74, 6) is 0. The van der Waals surface area contributed by atoms with E-state index in [2.05, 4.69) is 27.8 Å². The van der Waals surface area contributed by atoms with Crippen LogP contribution in [0.1, 0.15) is 6.92 Å². The van der Waals surface area contributed by atoms with E-state index in [0.29, 0.717) is 6.04 Å². The third-order valence-corrected chi connectivity index (χ3v) is 2.38. The fraction of sp³-hybridized carbons (Fsp3) is 1.00. The molecule has 0 bridgehead atoms. The number of nitrogens with one attached hydrogen (secondary N) is 3. The molecule has 0 rings (SSSR count). The maximum Gasteiger partial charge on any atom is 0.0163 e. The second kappa shape index (κ2) is 9.40. The van der Waals surface area contributed by atoms with E-state index in [1.54, 1.807) is 0 Å². The molecule has 0 aromatic heterocycles. The molecule has 4 heteroatoms. The topological polar surface area (TPSA) is 39.3 Å². The number of likely N-dealkylation sites (N-methyl/N-ethyl adjacent to an activating group) is 3. The first-order chi connectivity index (χ1) is 6.74. The summed E-state index contributed by atoms with van der Waals surface area (Å²) in [6.45, 7) is 7.67. The van der Waals surface area contributed by atoms with Gasteiger partial charge in [-0.05, 0) is 28.1 Å². The van der Waals surface area contributed by atoms with Crippen molar-refractivity contribution in [3.63, 3.8) is 0 Å². The van der Waals surface area contributed by atoms with Crippen LogP contribution in [0.2, 0.25) is 0 Å². The molecule has 1 atom stereocenters. The Bertz CT molecular complexity index is 111. The van der Waals surface area contributed by atoms with Crippen LogP contribution in [0.5, 0.6) is 0 Å². The fourth-order valence-corrected chi connectivity index (χ4v) is 1.31. The van der Waals surface area contributed by atoms with Gasteiger partial charge in [0.1, 0.15) is 0 Å². The lowest BCUT2D eigenvalue weighted by atomic mass is 10.3. The summed E-state index contributed by atoms with van der Waals surface area (Å²) < 4.78 is 0. The molecular formula is C10H26N4. The van der Waals surface area contributed by atoms with Crippen molar-refractivity contribution >= 4 is 0 Å². The smallest absolute Gasteiger partial charge is 0.0163 e. The van der Waals surface area contributed by atoms with Gasteiger partial charge in [-0.1, -0.05) is 0 Å². The largest absolute Gasteiger partial charge is 0.318 e. The van der Waals surface area contributed by atoms with Crippen molar-refractivity contribution in [3.05, 3.63) is 0 Å². The van der Waals surface area contributed by atoms with Crippen molar-refractivity contribution in [3.8, 4) is 0 Å². The van der Waals surface area contributed by atoms with E-state index in [9.17, 15) is 0 Å². The molecule has 4 nitrogen and oxygen atoms in total. The molecule has 0 radical (unpaired) electrons. The average molecular weight is 202 g/mol. The molecule has 0 aliphatic rings. The molecular weight excluding hydrogens is 176 g/mol. The number of rotatable bonds is 9. The van der Waals surface area contributed by atoms with Crippen LogP contribution in [0, 0.1) is 0 Å². The molecule has 0 aromatic carbocycles. The molecule has 0 fully saturated rings. The molecule has 1 unspecified atom stereocenters. The molecule has 0 aliphatic carbocycles. The van der Waals surface area contributed by atoms with Crippen molar-refractivity contribution in [2.45, 2.75) is 13.0 Å². The van der Waals surface area contributed by atoms with Gasteiger partial charge in [0, 0.05) is 38.8 Å². The highest BCUT2D eigenvalue weighted by molar-refractivity contribution is 4.67. The summed E-state index contributed by atoms with van der Waals surface area (Å²) >= 11 is 0. The van der Waals surface area contributed by atoms with Crippen molar-refractivity contribution < 1.29 is 0 Å².